The summed E-state index contributed by atoms with van der Waals surface area (Å²) < 4.78 is 1.83. The second-order valence-electron chi connectivity index (χ2n) is 4.84. The quantitative estimate of drug-likeness (QED) is 0.901. The van der Waals surface area contributed by atoms with Crippen molar-refractivity contribution >= 4 is 0 Å². The van der Waals surface area contributed by atoms with Crippen LogP contribution in [0.1, 0.15) is 40.8 Å². The highest BCUT2D eigenvalue weighted by molar-refractivity contribution is 5.42. The van der Waals surface area contributed by atoms with Crippen molar-refractivity contribution in [2.24, 2.45) is 0 Å². The van der Waals surface area contributed by atoms with Crippen LogP contribution in [0.2, 0.25) is 0 Å². The van der Waals surface area contributed by atoms with E-state index in [2.05, 4.69) is 24.2 Å². The van der Waals surface area contributed by atoms with Gasteiger partial charge in [0.2, 0.25) is 0 Å². The Bertz CT molecular complexity index is 534. The smallest absolute Gasteiger partial charge is 0.108 e. The molecule has 0 aliphatic carbocycles. The van der Waals surface area contributed by atoms with E-state index in [1.807, 2.05) is 31.6 Å². The molecule has 96 valence electrons. The first-order chi connectivity index (χ1) is 8.52. The zero-order chi connectivity index (χ0) is 13.3. The van der Waals surface area contributed by atoms with Crippen LogP contribution in [0.4, 0.5) is 0 Å². The first kappa shape index (κ1) is 12.8. The molecule has 0 aliphatic heterocycles. The van der Waals surface area contributed by atoms with E-state index in [1.165, 1.54) is 5.56 Å². The summed E-state index contributed by atoms with van der Waals surface area (Å²) >= 11 is 0. The Morgan fingerprint density at radius 1 is 1.22 bits per heavy atom. The maximum atomic E-state index is 10.5. The fourth-order valence-corrected chi connectivity index (χ4v) is 2.48. The van der Waals surface area contributed by atoms with Gasteiger partial charge in [-0.2, -0.15) is 5.10 Å². The molecule has 2 aromatic rings. The zero-order valence-electron chi connectivity index (χ0n) is 11.4. The van der Waals surface area contributed by atoms with Gasteiger partial charge < -0.3 is 5.11 Å². The Kier molecular flexibility index (Phi) is 3.53. The standard InChI is InChI=1S/C15H20N2O/c1-5-17-9-13(8-16-17)15(18)14-11(3)6-10(2)7-12(14)4/h6-9,15,18H,5H2,1-4H3. The maximum Gasteiger partial charge on any atom is 0.108 e. The van der Waals surface area contributed by atoms with Gasteiger partial charge in [0.1, 0.15) is 6.10 Å². The third kappa shape index (κ3) is 2.31. The lowest BCUT2D eigenvalue weighted by atomic mass is 9.93. The van der Waals surface area contributed by atoms with E-state index >= 15 is 0 Å². The van der Waals surface area contributed by atoms with Crippen LogP contribution in [0.15, 0.2) is 24.5 Å². The third-order valence-electron chi connectivity index (χ3n) is 3.30. The van der Waals surface area contributed by atoms with Crippen LogP contribution in [0.3, 0.4) is 0 Å². The molecule has 0 radical (unpaired) electrons. The lowest BCUT2D eigenvalue weighted by molar-refractivity contribution is 0.218. The fraction of sp³-hybridized carbons (Fsp3) is 0.400. The average molecular weight is 244 g/mol. The highest BCUT2D eigenvalue weighted by Gasteiger charge is 2.17. The van der Waals surface area contributed by atoms with E-state index in [1.54, 1.807) is 6.20 Å². The van der Waals surface area contributed by atoms with Crippen molar-refractivity contribution in [3.63, 3.8) is 0 Å². The lowest BCUT2D eigenvalue weighted by Gasteiger charge is -2.16. The molecule has 18 heavy (non-hydrogen) atoms. The number of benzene rings is 1. The molecule has 0 aliphatic rings. The maximum absolute atomic E-state index is 10.5. The minimum absolute atomic E-state index is 0.592. The highest BCUT2D eigenvalue weighted by atomic mass is 16.3. The second kappa shape index (κ2) is 4.94. The molecule has 1 aromatic heterocycles. The van der Waals surface area contributed by atoms with Gasteiger partial charge in [-0.1, -0.05) is 17.7 Å². The Hall–Kier alpha value is -1.61. The van der Waals surface area contributed by atoms with Crippen LogP contribution < -0.4 is 0 Å². The normalized spacial score (nSPS) is 12.7. The largest absolute Gasteiger partial charge is 0.384 e. The molecule has 0 saturated heterocycles. The third-order valence-corrected chi connectivity index (χ3v) is 3.30. The highest BCUT2D eigenvalue weighted by Crippen LogP contribution is 2.28. The number of aryl methyl sites for hydroxylation is 4. The van der Waals surface area contributed by atoms with Crippen molar-refractivity contribution in [1.82, 2.24) is 9.78 Å². The van der Waals surface area contributed by atoms with Crippen LogP contribution in [-0.2, 0) is 6.54 Å². The SMILES string of the molecule is CCn1cc(C(O)c2c(C)cc(C)cc2C)cn1. The summed E-state index contributed by atoms with van der Waals surface area (Å²) in [5, 5.41) is 14.7. The number of aliphatic hydroxyl groups excluding tert-OH is 1. The monoisotopic (exact) mass is 244 g/mol. The van der Waals surface area contributed by atoms with Crippen LogP contribution in [0.5, 0.6) is 0 Å². The van der Waals surface area contributed by atoms with E-state index in [0.717, 1.165) is 28.8 Å². The van der Waals surface area contributed by atoms with Crippen molar-refractivity contribution in [3.05, 3.63) is 52.3 Å². The summed E-state index contributed by atoms with van der Waals surface area (Å²) in [4.78, 5) is 0. The van der Waals surface area contributed by atoms with E-state index in [-0.39, 0.29) is 0 Å². The Morgan fingerprint density at radius 3 is 2.33 bits per heavy atom. The fourth-order valence-electron chi connectivity index (χ4n) is 2.48. The van der Waals surface area contributed by atoms with Crippen LogP contribution in [0, 0.1) is 20.8 Å². The molecule has 1 aromatic carbocycles. The minimum atomic E-state index is -0.592. The molecule has 0 bridgehead atoms. The van der Waals surface area contributed by atoms with Crippen molar-refractivity contribution in [2.75, 3.05) is 0 Å². The van der Waals surface area contributed by atoms with Gasteiger partial charge in [0.05, 0.1) is 6.20 Å². The Balaban J connectivity index is 2.42. The molecular formula is C15H20N2O. The molecule has 0 fully saturated rings. The van der Waals surface area contributed by atoms with Gasteiger partial charge in [-0.3, -0.25) is 4.68 Å². The summed E-state index contributed by atoms with van der Waals surface area (Å²) in [6.07, 6.45) is 3.06. The second-order valence-corrected chi connectivity index (χ2v) is 4.84. The molecule has 1 atom stereocenters. The number of hydrogen-bond acceptors (Lipinski definition) is 2. The van der Waals surface area contributed by atoms with Crippen molar-refractivity contribution in [2.45, 2.75) is 40.3 Å². The molecule has 3 nitrogen and oxygen atoms in total. The van der Waals surface area contributed by atoms with Gasteiger partial charge in [-0.25, -0.2) is 0 Å². The molecule has 1 unspecified atom stereocenters. The summed E-state index contributed by atoms with van der Waals surface area (Å²) in [7, 11) is 0. The van der Waals surface area contributed by atoms with Crippen LogP contribution in [-0.4, -0.2) is 14.9 Å². The van der Waals surface area contributed by atoms with E-state index in [0.29, 0.717) is 0 Å². The molecule has 1 N–H and O–H groups in total. The van der Waals surface area contributed by atoms with Gasteiger partial charge in [0, 0.05) is 18.3 Å². The number of rotatable bonds is 3. The summed E-state index contributed by atoms with van der Waals surface area (Å²) in [5.41, 5.74) is 5.34. The molecule has 3 heteroatoms. The number of aromatic nitrogens is 2. The predicted octanol–water partition coefficient (Wildman–Crippen LogP) is 2.91. The van der Waals surface area contributed by atoms with Crippen molar-refractivity contribution < 1.29 is 5.11 Å². The van der Waals surface area contributed by atoms with Crippen molar-refractivity contribution in [3.8, 4) is 0 Å². The number of aliphatic hydroxyl groups is 1. The first-order valence-corrected chi connectivity index (χ1v) is 6.31. The summed E-state index contributed by atoms with van der Waals surface area (Å²) in [5.74, 6) is 0. The first-order valence-electron chi connectivity index (χ1n) is 6.31. The lowest BCUT2D eigenvalue weighted by Crippen LogP contribution is -2.04. The van der Waals surface area contributed by atoms with E-state index in [4.69, 9.17) is 0 Å². The van der Waals surface area contributed by atoms with E-state index in [9.17, 15) is 5.11 Å². The molecule has 1 heterocycles. The van der Waals surface area contributed by atoms with Gasteiger partial charge in [-0.15, -0.1) is 0 Å². The summed E-state index contributed by atoms with van der Waals surface area (Å²) in [6.45, 7) is 9.01. The van der Waals surface area contributed by atoms with Gasteiger partial charge in [0.25, 0.3) is 0 Å². The molecule has 0 amide bonds. The molecule has 0 saturated carbocycles. The zero-order valence-corrected chi connectivity index (χ0v) is 11.4. The number of hydrogen-bond donors (Lipinski definition) is 1. The van der Waals surface area contributed by atoms with Gasteiger partial charge in [-0.05, 0) is 44.4 Å². The number of nitrogens with zero attached hydrogens (tertiary/aromatic N) is 2. The van der Waals surface area contributed by atoms with Crippen LogP contribution in [0.25, 0.3) is 0 Å². The Morgan fingerprint density at radius 2 is 1.83 bits per heavy atom. The molecule has 0 spiro atoms. The Labute approximate surface area is 108 Å². The molecular weight excluding hydrogens is 224 g/mol. The average Bonchev–Trinajstić information content (AvgIpc) is 2.75. The topological polar surface area (TPSA) is 38.0 Å². The van der Waals surface area contributed by atoms with Gasteiger partial charge >= 0.3 is 0 Å². The van der Waals surface area contributed by atoms with Gasteiger partial charge in [0.15, 0.2) is 0 Å². The van der Waals surface area contributed by atoms with Crippen LogP contribution >= 0.6 is 0 Å². The van der Waals surface area contributed by atoms with Crippen molar-refractivity contribution in [1.29, 1.82) is 0 Å². The minimum Gasteiger partial charge on any atom is -0.384 e. The summed E-state index contributed by atoms with van der Waals surface area (Å²) in [6, 6.07) is 4.21. The predicted molar refractivity (Wildman–Crippen MR) is 72.6 cm³/mol. The molecule has 2 rings (SSSR count). The van der Waals surface area contributed by atoms with E-state index < -0.39 is 6.10 Å².